The van der Waals surface area contributed by atoms with Crippen LogP contribution in [0.1, 0.15) is 31.7 Å². The van der Waals surface area contributed by atoms with Crippen LogP contribution in [0, 0.1) is 5.82 Å². The van der Waals surface area contributed by atoms with Gasteiger partial charge in [0.25, 0.3) is 0 Å². The van der Waals surface area contributed by atoms with Crippen LogP contribution in [0.15, 0.2) is 24.3 Å². The zero-order chi connectivity index (χ0) is 12.5. The molecular formula is C13H16FNO2. The highest BCUT2D eigenvalue weighted by Crippen LogP contribution is 2.32. The highest BCUT2D eigenvalue weighted by Gasteiger charge is 2.44. The van der Waals surface area contributed by atoms with Crippen molar-refractivity contribution in [2.24, 2.45) is 0 Å². The van der Waals surface area contributed by atoms with Crippen LogP contribution in [-0.4, -0.2) is 17.1 Å². The maximum atomic E-state index is 13.8. The molecule has 1 aromatic carbocycles. The van der Waals surface area contributed by atoms with Crippen LogP contribution in [0.5, 0.6) is 0 Å². The lowest BCUT2D eigenvalue weighted by molar-refractivity contribution is -0.145. The van der Waals surface area contributed by atoms with Gasteiger partial charge in [0, 0.05) is 11.6 Å². The molecule has 3 nitrogen and oxygen atoms in total. The number of carbonyl (C=O) groups is 1. The summed E-state index contributed by atoms with van der Waals surface area (Å²) in [6.45, 7) is 1.76. The zero-order valence-electron chi connectivity index (χ0n) is 9.74. The summed E-state index contributed by atoms with van der Waals surface area (Å²) in [6, 6.07) is 6.28. The summed E-state index contributed by atoms with van der Waals surface area (Å²) >= 11 is 0. The highest BCUT2D eigenvalue weighted by molar-refractivity contribution is 5.81. The quantitative estimate of drug-likeness (QED) is 0.826. The number of benzene rings is 1. The van der Waals surface area contributed by atoms with E-state index in [4.69, 9.17) is 0 Å². The van der Waals surface area contributed by atoms with E-state index in [0.717, 1.165) is 12.8 Å². The third-order valence-corrected chi connectivity index (χ3v) is 3.26. The molecule has 1 unspecified atom stereocenters. The molecule has 0 spiro atoms. The maximum Gasteiger partial charge on any atom is 0.328 e. The largest absolute Gasteiger partial charge is 0.480 e. The van der Waals surface area contributed by atoms with E-state index in [9.17, 15) is 14.3 Å². The van der Waals surface area contributed by atoms with Crippen molar-refractivity contribution in [2.45, 2.75) is 37.8 Å². The fourth-order valence-corrected chi connectivity index (χ4v) is 2.08. The van der Waals surface area contributed by atoms with Crippen molar-refractivity contribution in [1.29, 1.82) is 0 Å². The van der Waals surface area contributed by atoms with E-state index in [-0.39, 0.29) is 11.6 Å². The van der Waals surface area contributed by atoms with Crippen LogP contribution in [0.2, 0.25) is 0 Å². The molecule has 0 bridgehead atoms. The average Bonchev–Trinajstić information content (AvgIpc) is 3.10. The minimum absolute atomic E-state index is 0.200. The Morgan fingerprint density at radius 2 is 2.18 bits per heavy atom. The first-order valence-electron chi connectivity index (χ1n) is 5.86. The van der Waals surface area contributed by atoms with Gasteiger partial charge in [0.2, 0.25) is 0 Å². The fourth-order valence-electron chi connectivity index (χ4n) is 2.08. The fraction of sp³-hybridized carbons (Fsp3) is 0.462. The third-order valence-electron chi connectivity index (χ3n) is 3.26. The van der Waals surface area contributed by atoms with Gasteiger partial charge in [-0.05, 0) is 25.3 Å². The van der Waals surface area contributed by atoms with Crippen LogP contribution in [-0.2, 0) is 10.3 Å². The first kappa shape index (κ1) is 12.0. The third kappa shape index (κ3) is 2.17. The number of hydrogen-bond acceptors (Lipinski definition) is 2. The Bertz CT molecular complexity index is 431. The standard InChI is InChI=1S/C13H16FNO2/c1-2-13(12(16)17,15-9-7-8-9)10-5-3-4-6-11(10)14/h3-6,9,15H,2,7-8H2,1H3,(H,16,17). The van der Waals surface area contributed by atoms with Crippen molar-refractivity contribution in [3.63, 3.8) is 0 Å². The second-order valence-corrected chi connectivity index (χ2v) is 4.46. The molecule has 0 heterocycles. The van der Waals surface area contributed by atoms with Crippen molar-refractivity contribution < 1.29 is 14.3 Å². The molecule has 0 aliphatic heterocycles. The van der Waals surface area contributed by atoms with Crippen molar-refractivity contribution in [3.05, 3.63) is 35.6 Å². The minimum atomic E-state index is -1.30. The van der Waals surface area contributed by atoms with Gasteiger partial charge >= 0.3 is 5.97 Å². The molecule has 0 amide bonds. The summed E-state index contributed by atoms with van der Waals surface area (Å²) < 4.78 is 13.8. The molecule has 1 atom stereocenters. The van der Waals surface area contributed by atoms with Gasteiger partial charge < -0.3 is 5.11 Å². The Hall–Kier alpha value is -1.42. The van der Waals surface area contributed by atoms with E-state index in [1.54, 1.807) is 25.1 Å². The predicted octanol–water partition coefficient (Wildman–Crippen LogP) is 2.27. The number of aliphatic carboxylic acids is 1. The Kier molecular flexibility index (Phi) is 3.15. The number of nitrogens with one attached hydrogen (secondary N) is 1. The lowest BCUT2D eigenvalue weighted by atomic mass is 9.86. The van der Waals surface area contributed by atoms with Crippen molar-refractivity contribution >= 4 is 5.97 Å². The van der Waals surface area contributed by atoms with Crippen LogP contribution in [0.3, 0.4) is 0 Å². The molecule has 0 radical (unpaired) electrons. The summed E-state index contributed by atoms with van der Waals surface area (Å²) in [4.78, 5) is 11.5. The predicted molar refractivity (Wildman–Crippen MR) is 62.2 cm³/mol. The smallest absolute Gasteiger partial charge is 0.328 e. The summed E-state index contributed by atoms with van der Waals surface area (Å²) in [7, 11) is 0. The highest BCUT2D eigenvalue weighted by atomic mass is 19.1. The number of rotatable bonds is 5. The molecule has 0 aromatic heterocycles. The molecule has 2 N–H and O–H groups in total. The van der Waals surface area contributed by atoms with Crippen LogP contribution < -0.4 is 5.32 Å². The summed E-state index contributed by atoms with van der Waals surface area (Å²) in [5, 5.41) is 12.5. The second-order valence-electron chi connectivity index (χ2n) is 4.46. The molecular weight excluding hydrogens is 221 g/mol. The van der Waals surface area contributed by atoms with E-state index in [2.05, 4.69) is 5.32 Å². The lowest BCUT2D eigenvalue weighted by Crippen LogP contribution is -2.50. The number of hydrogen-bond donors (Lipinski definition) is 2. The number of carboxylic acids is 1. The zero-order valence-corrected chi connectivity index (χ0v) is 9.74. The summed E-state index contributed by atoms with van der Waals surface area (Å²) in [6.07, 6.45) is 2.24. The van der Waals surface area contributed by atoms with E-state index < -0.39 is 17.3 Å². The van der Waals surface area contributed by atoms with Gasteiger partial charge in [-0.15, -0.1) is 0 Å². The monoisotopic (exact) mass is 237 g/mol. The molecule has 1 fully saturated rings. The van der Waals surface area contributed by atoms with E-state index in [0.29, 0.717) is 6.42 Å². The molecule has 2 rings (SSSR count). The van der Waals surface area contributed by atoms with Crippen molar-refractivity contribution in [1.82, 2.24) is 5.32 Å². The molecule has 17 heavy (non-hydrogen) atoms. The van der Waals surface area contributed by atoms with Gasteiger partial charge in [-0.3, -0.25) is 5.32 Å². The lowest BCUT2D eigenvalue weighted by Gasteiger charge is -2.30. The summed E-state index contributed by atoms with van der Waals surface area (Å²) in [5.74, 6) is -1.48. The normalized spacial score (nSPS) is 18.7. The molecule has 4 heteroatoms. The molecule has 92 valence electrons. The van der Waals surface area contributed by atoms with Crippen LogP contribution in [0.4, 0.5) is 4.39 Å². The molecule has 0 saturated heterocycles. The maximum absolute atomic E-state index is 13.8. The first-order valence-corrected chi connectivity index (χ1v) is 5.86. The van der Waals surface area contributed by atoms with E-state index >= 15 is 0 Å². The number of halogens is 1. The SMILES string of the molecule is CCC(NC1CC1)(C(=O)O)c1ccccc1F. The Labute approximate surface area is 99.7 Å². The van der Waals surface area contributed by atoms with E-state index in [1.807, 2.05) is 0 Å². The van der Waals surface area contributed by atoms with E-state index in [1.165, 1.54) is 6.07 Å². The van der Waals surface area contributed by atoms with Crippen LogP contribution >= 0.6 is 0 Å². The molecule has 1 aliphatic rings. The molecule has 1 saturated carbocycles. The Morgan fingerprint density at radius 1 is 1.53 bits per heavy atom. The van der Waals surface area contributed by atoms with Crippen molar-refractivity contribution in [3.8, 4) is 0 Å². The van der Waals surface area contributed by atoms with Gasteiger partial charge in [0.15, 0.2) is 0 Å². The molecule has 1 aromatic rings. The van der Waals surface area contributed by atoms with Gasteiger partial charge in [-0.2, -0.15) is 0 Å². The first-order chi connectivity index (χ1) is 8.10. The Balaban J connectivity index is 2.44. The average molecular weight is 237 g/mol. The minimum Gasteiger partial charge on any atom is -0.480 e. The topological polar surface area (TPSA) is 49.3 Å². The Morgan fingerprint density at radius 3 is 2.65 bits per heavy atom. The van der Waals surface area contributed by atoms with Crippen molar-refractivity contribution in [2.75, 3.05) is 0 Å². The van der Waals surface area contributed by atoms with Crippen LogP contribution in [0.25, 0.3) is 0 Å². The number of carboxylic acid groups (broad SMARTS) is 1. The second kappa shape index (κ2) is 4.45. The van der Waals surface area contributed by atoms with Gasteiger partial charge in [-0.1, -0.05) is 25.1 Å². The molecule has 1 aliphatic carbocycles. The van der Waals surface area contributed by atoms with Gasteiger partial charge in [0.1, 0.15) is 11.4 Å². The van der Waals surface area contributed by atoms with Gasteiger partial charge in [0.05, 0.1) is 0 Å². The summed E-state index contributed by atoms with van der Waals surface area (Å²) in [5.41, 5.74) is -1.08. The van der Waals surface area contributed by atoms with Gasteiger partial charge in [-0.25, -0.2) is 9.18 Å².